The summed E-state index contributed by atoms with van der Waals surface area (Å²) in [6.45, 7) is 4.59. The Labute approximate surface area is 253 Å². The molecule has 8 nitrogen and oxygen atoms in total. The second-order valence-corrected chi connectivity index (χ2v) is 11.5. The average molecular weight is 617 g/mol. The normalized spacial score (nSPS) is 19.6. The summed E-state index contributed by atoms with van der Waals surface area (Å²) in [6.07, 6.45) is -1.94. The summed E-state index contributed by atoms with van der Waals surface area (Å²) in [6, 6.07) is 12.6. The molecular weight excluding hydrogens is 580 g/mol. The summed E-state index contributed by atoms with van der Waals surface area (Å²) in [5.41, 5.74) is 2.36. The number of rotatable bonds is 11. The van der Waals surface area contributed by atoms with E-state index in [2.05, 4.69) is 0 Å². The van der Waals surface area contributed by atoms with E-state index in [-0.39, 0.29) is 42.6 Å². The van der Waals surface area contributed by atoms with Crippen LogP contribution in [0.4, 0.5) is 17.6 Å². The lowest BCUT2D eigenvalue weighted by Crippen LogP contribution is -2.38. The predicted octanol–water partition coefficient (Wildman–Crippen LogP) is 5.47. The molecule has 5 rings (SSSR count). The van der Waals surface area contributed by atoms with Crippen LogP contribution in [-0.4, -0.2) is 70.6 Å². The number of carbonyl (C=O) groups is 2. The fourth-order valence-electron chi connectivity index (χ4n) is 5.91. The zero-order chi connectivity index (χ0) is 31.4. The van der Waals surface area contributed by atoms with Crippen molar-refractivity contribution in [2.24, 2.45) is 11.8 Å². The van der Waals surface area contributed by atoms with Gasteiger partial charge in [0.1, 0.15) is 11.9 Å². The topological polar surface area (TPSA) is 76.9 Å². The minimum atomic E-state index is -2.67. The minimum Gasteiger partial charge on any atom is -0.476 e. The smallest absolute Gasteiger partial charge is 0.253 e. The summed E-state index contributed by atoms with van der Waals surface area (Å²) < 4.78 is 61.8. The van der Waals surface area contributed by atoms with Gasteiger partial charge in [0.25, 0.3) is 6.43 Å². The quantitative estimate of drug-likeness (QED) is 0.266. The third-order valence-corrected chi connectivity index (χ3v) is 8.31. The lowest BCUT2D eigenvalue weighted by Gasteiger charge is -2.30. The molecule has 2 aliphatic heterocycles. The Morgan fingerprint density at radius 1 is 1.07 bits per heavy atom. The zero-order valence-corrected chi connectivity index (χ0v) is 24.7. The van der Waals surface area contributed by atoms with Crippen LogP contribution in [0, 0.1) is 30.4 Å². The summed E-state index contributed by atoms with van der Waals surface area (Å²) in [7, 11) is 0. The van der Waals surface area contributed by atoms with Gasteiger partial charge in [0.15, 0.2) is 11.6 Å². The van der Waals surface area contributed by atoms with Gasteiger partial charge in [-0.25, -0.2) is 22.2 Å². The van der Waals surface area contributed by atoms with Gasteiger partial charge in [-0.15, -0.1) is 5.10 Å². The van der Waals surface area contributed by atoms with Crippen molar-refractivity contribution in [1.29, 1.82) is 0 Å². The van der Waals surface area contributed by atoms with Crippen molar-refractivity contribution in [1.82, 2.24) is 19.7 Å². The largest absolute Gasteiger partial charge is 0.476 e. The van der Waals surface area contributed by atoms with Gasteiger partial charge in [0.2, 0.25) is 11.8 Å². The molecule has 3 heterocycles. The monoisotopic (exact) mass is 616 g/mol. The number of likely N-dealkylation sites (tertiary alicyclic amines) is 1. The van der Waals surface area contributed by atoms with E-state index in [1.54, 1.807) is 11.6 Å². The number of ketones is 1. The highest BCUT2D eigenvalue weighted by atomic mass is 19.3. The molecule has 236 valence electrons. The van der Waals surface area contributed by atoms with Gasteiger partial charge >= 0.3 is 0 Å². The van der Waals surface area contributed by atoms with Crippen LogP contribution in [0.15, 0.2) is 48.5 Å². The highest BCUT2D eigenvalue weighted by molar-refractivity contribution is 5.81. The van der Waals surface area contributed by atoms with Gasteiger partial charge < -0.3 is 9.64 Å². The van der Waals surface area contributed by atoms with E-state index < -0.39 is 36.6 Å². The molecule has 0 saturated carbocycles. The Hall–Kier alpha value is -3.77. The van der Waals surface area contributed by atoms with E-state index in [0.717, 1.165) is 35.7 Å². The van der Waals surface area contributed by atoms with Crippen molar-refractivity contribution in [3.05, 3.63) is 77.0 Å². The number of benzene rings is 2. The number of halogens is 4. The van der Waals surface area contributed by atoms with Gasteiger partial charge in [-0.3, -0.25) is 14.4 Å². The highest BCUT2D eigenvalue weighted by Crippen LogP contribution is 2.38. The number of carbonyl (C=O) groups excluding carboxylic acids is 2. The highest BCUT2D eigenvalue weighted by Gasteiger charge is 2.38. The van der Waals surface area contributed by atoms with Crippen LogP contribution < -0.4 is 4.74 Å². The van der Waals surface area contributed by atoms with E-state index in [1.165, 1.54) is 6.07 Å². The van der Waals surface area contributed by atoms with Gasteiger partial charge in [0.05, 0.1) is 24.5 Å². The lowest BCUT2D eigenvalue weighted by atomic mass is 9.90. The number of nitrogens with zero attached hydrogens (tertiary/aromatic N) is 4. The first-order valence-electron chi connectivity index (χ1n) is 14.8. The van der Waals surface area contributed by atoms with E-state index >= 15 is 0 Å². The van der Waals surface area contributed by atoms with Crippen molar-refractivity contribution >= 4 is 11.7 Å². The lowest BCUT2D eigenvalue weighted by molar-refractivity contribution is -0.167. The van der Waals surface area contributed by atoms with Crippen LogP contribution in [0.2, 0.25) is 0 Å². The molecule has 2 aliphatic rings. The molecule has 2 saturated heterocycles. The predicted molar refractivity (Wildman–Crippen MR) is 153 cm³/mol. The molecule has 0 unspecified atom stereocenters. The van der Waals surface area contributed by atoms with E-state index in [9.17, 15) is 27.2 Å². The SMILES string of the molecule is CC(=O)N1CCC(COc2nn(-c3ccccc3)c(CC(=O)C[C@@H]3CN(CC(F)F)O[C@H]3c3ccc(F)c(F)c3)c2C)CC1. The van der Waals surface area contributed by atoms with Crippen molar-refractivity contribution in [3.8, 4) is 11.6 Å². The molecule has 1 amide bonds. The fraction of sp³-hybridized carbons (Fsp3) is 0.469. The maximum atomic E-state index is 14.0. The second kappa shape index (κ2) is 13.9. The summed E-state index contributed by atoms with van der Waals surface area (Å²) in [4.78, 5) is 32.8. The molecule has 2 aromatic carbocycles. The number of piperidine rings is 1. The Morgan fingerprint density at radius 3 is 2.45 bits per heavy atom. The van der Waals surface area contributed by atoms with Crippen molar-refractivity contribution in [3.63, 3.8) is 0 Å². The van der Waals surface area contributed by atoms with Gasteiger partial charge in [0, 0.05) is 50.9 Å². The third kappa shape index (κ3) is 7.47. The van der Waals surface area contributed by atoms with E-state index in [1.807, 2.05) is 42.2 Å². The van der Waals surface area contributed by atoms with Gasteiger partial charge in [-0.1, -0.05) is 24.3 Å². The van der Waals surface area contributed by atoms with Gasteiger partial charge in [-0.05, 0) is 55.5 Å². The number of Topliss-reactive ketones (excluding diaryl/α,β-unsaturated/α-hetero) is 1. The average Bonchev–Trinajstić information content (AvgIpc) is 3.53. The standard InChI is InChI=1S/C32H36F4N4O4/c1-20-29(16-26(42)14-24-17-39(18-30(35)36)44-31(24)23-8-9-27(33)28(34)15-23)40(25-6-4-3-5-7-25)37-32(20)43-19-22-10-12-38(13-11-22)21(2)41/h3-9,15,22,24,30-31H,10-14,16-19H2,1-2H3/t24-,31+/m1/s1. The van der Waals surface area contributed by atoms with Gasteiger partial charge in [-0.2, -0.15) is 5.06 Å². The van der Waals surface area contributed by atoms with Crippen LogP contribution >= 0.6 is 0 Å². The molecule has 44 heavy (non-hydrogen) atoms. The first-order valence-corrected chi connectivity index (χ1v) is 14.8. The van der Waals surface area contributed by atoms with Crippen LogP contribution in [0.1, 0.15) is 49.1 Å². The molecule has 12 heteroatoms. The molecule has 0 N–H and O–H groups in total. The first-order chi connectivity index (χ1) is 21.1. The first kappa shape index (κ1) is 31.6. The number of hydroxylamine groups is 2. The molecule has 0 aliphatic carbocycles. The van der Waals surface area contributed by atoms with Crippen LogP contribution in [0.25, 0.3) is 5.69 Å². The van der Waals surface area contributed by atoms with E-state index in [0.29, 0.717) is 36.8 Å². The minimum absolute atomic E-state index is 0.00999. The molecule has 1 aromatic heterocycles. The maximum absolute atomic E-state index is 14.0. The number of hydrogen-bond acceptors (Lipinski definition) is 6. The number of amides is 1. The number of para-hydroxylation sites is 1. The van der Waals surface area contributed by atoms with Crippen molar-refractivity contribution in [2.75, 3.05) is 32.8 Å². The molecule has 2 fully saturated rings. The molecule has 2 atom stereocenters. The third-order valence-electron chi connectivity index (χ3n) is 8.31. The number of alkyl halides is 2. The van der Waals surface area contributed by atoms with E-state index in [4.69, 9.17) is 14.7 Å². The Morgan fingerprint density at radius 2 is 1.80 bits per heavy atom. The Kier molecular flexibility index (Phi) is 10.00. The molecule has 0 radical (unpaired) electrons. The zero-order valence-electron chi connectivity index (χ0n) is 24.7. The molecule has 3 aromatic rings. The van der Waals surface area contributed by atoms with Crippen LogP contribution in [0.3, 0.4) is 0 Å². The summed E-state index contributed by atoms with van der Waals surface area (Å²) in [5.74, 6) is -2.11. The van der Waals surface area contributed by atoms with Crippen molar-refractivity contribution < 1.29 is 36.7 Å². The Balaban J connectivity index is 1.33. The van der Waals surface area contributed by atoms with Crippen LogP contribution in [0.5, 0.6) is 5.88 Å². The maximum Gasteiger partial charge on any atom is 0.253 e. The Bertz CT molecular complexity index is 1460. The molecule has 0 spiro atoms. The van der Waals surface area contributed by atoms with Crippen LogP contribution in [-0.2, 0) is 20.8 Å². The number of ether oxygens (including phenoxy) is 1. The number of aromatic nitrogens is 2. The molecular formula is C32H36F4N4O4. The fourth-order valence-corrected chi connectivity index (χ4v) is 5.91. The summed E-state index contributed by atoms with van der Waals surface area (Å²) in [5, 5.41) is 5.79. The molecule has 0 bridgehead atoms. The summed E-state index contributed by atoms with van der Waals surface area (Å²) >= 11 is 0. The van der Waals surface area contributed by atoms with Crippen molar-refractivity contribution in [2.45, 2.75) is 52.1 Å². The second-order valence-electron chi connectivity index (χ2n) is 11.5. The number of hydrogen-bond donors (Lipinski definition) is 0.